The van der Waals surface area contributed by atoms with Gasteiger partial charge in [0.25, 0.3) is 0 Å². The average molecular weight is 293 g/mol. The molecule has 114 valence electrons. The molecular weight excluding hydrogens is 274 g/mol. The number of rotatable bonds is 3. The molecule has 0 spiro atoms. The highest BCUT2D eigenvalue weighted by Crippen LogP contribution is 2.49. The number of aromatic hydroxyl groups is 1. The van der Waals surface area contributed by atoms with Crippen LogP contribution in [0.15, 0.2) is 18.2 Å². The van der Waals surface area contributed by atoms with Crippen molar-refractivity contribution in [2.24, 2.45) is 0 Å². The number of hydrogen-bond donors (Lipinski definition) is 3. The maximum absolute atomic E-state index is 11.6. The molecular formula is C15H19NO5. The van der Waals surface area contributed by atoms with Crippen LogP contribution in [0.25, 0.3) is 0 Å². The van der Waals surface area contributed by atoms with Crippen molar-refractivity contribution in [3.05, 3.63) is 23.8 Å². The van der Waals surface area contributed by atoms with Crippen LogP contribution >= 0.6 is 0 Å². The van der Waals surface area contributed by atoms with E-state index in [0.717, 1.165) is 0 Å². The Hall–Kier alpha value is -2.24. The van der Waals surface area contributed by atoms with E-state index in [1.165, 1.54) is 12.1 Å². The van der Waals surface area contributed by atoms with E-state index in [9.17, 15) is 19.8 Å². The molecule has 0 saturated heterocycles. The molecule has 0 aliphatic heterocycles. The van der Waals surface area contributed by atoms with Crippen LogP contribution in [0.1, 0.15) is 39.2 Å². The summed E-state index contributed by atoms with van der Waals surface area (Å²) in [6.45, 7) is 5.21. The molecule has 0 radical (unpaired) electrons. The van der Waals surface area contributed by atoms with Crippen molar-refractivity contribution >= 4 is 17.7 Å². The van der Waals surface area contributed by atoms with Gasteiger partial charge in [0.15, 0.2) is 0 Å². The predicted octanol–water partition coefficient (Wildman–Crippen LogP) is 2.86. The van der Waals surface area contributed by atoms with Crippen LogP contribution < -0.4 is 5.32 Å². The fraction of sp³-hybridized carbons (Fsp3) is 0.467. The molecule has 1 aromatic carbocycles. The normalized spacial score (nSPS) is 16.1. The van der Waals surface area contributed by atoms with Gasteiger partial charge in [-0.2, -0.15) is 0 Å². The standard InChI is InChI=1S/C15H19NO5/c1-14(2,3)21-13(20)16-10-5-4-9(8-11(10)17)15(6-7-15)12(18)19/h4-5,8,17H,6-7H2,1-3H3,(H,16,20)(H,18,19). The number of carbonyl (C=O) groups excluding carboxylic acids is 1. The number of phenols is 1. The molecule has 1 aliphatic carbocycles. The third kappa shape index (κ3) is 3.26. The number of aliphatic carboxylic acids is 1. The third-order valence-electron chi connectivity index (χ3n) is 3.35. The Balaban J connectivity index is 2.14. The Morgan fingerprint density at radius 3 is 2.33 bits per heavy atom. The van der Waals surface area contributed by atoms with E-state index in [4.69, 9.17) is 4.74 Å². The minimum Gasteiger partial charge on any atom is -0.506 e. The Morgan fingerprint density at radius 2 is 1.90 bits per heavy atom. The monoisotopic (exact) mass is 293 g/mol. The van der Waals surface area contributed by atoms with E-state index in [2.05, 4.69) is 5.32 Å². The Kier molecular flexibility index (Phi) is 3.57. The first-order valence-corrected chi connectivity index (χ1v) is 6.71. The summed E-state index contributed by atoms with van der Waals surface area (Å²) in [6.07, 6.45) is 0.436. The highest BCUT2D eigenvalue weighted by molar-refractivity contribution is 5.88. The molecule has 0 aromatic heterocycles. The molecule has 1 aliphatic rings. The SMILES string of the molecule is CC(C)(C)OC(=O)Nc1ccc(C2(C(=O)O)CC2)cc1O. The van der Waals surface area contributed by atoms with Crippen LogP contribution in [0.3, 0.4) is 0 Å². The Bertz CT molecular complexity index is 584. The van der Waals surface area contributed by atoms with Crippen molar-refractivity contribution in [2.45, 2.75) is 44.6 Å². The van der Waals surface area contributed by atoms with Crippen molar-refractivity contribution in [3.8, 4) is 5.75 Å². The number of ether oxygens (including phenoxy) is 1. The molecule has 0 heterocycles. The summed E-state index contributed by atoms with van der Waals surface area (Å²) in [5.74, 6) is -1.07. The second kappa shape index (κ2) is 4.95. The van der Waals surface area contributed by atoms with Gasteiger partial charge in [-0.15, -0.1) is 0 Å². The lowest BCUT2D eigenvalue weighted by molar-refractivity contribution is -0.140. The quantitative estimate of drug-likeness (QED) is 0.745. The first kappa shape index (κ1) is 15.2. The van der Waals surface area contributed by atoms with Gasteiger partial charge in [0.05, 0.1) is 11.1 Å². The fourth-order valence-electron chi connectivity index (χ4n) is 2.10. The van der Waals surface area contributed by atoms with E-state index < -0.39 is 23.1 Å². The second-order valence-electron chi connectivity index (χ2n) is 6.25. The highest BCUT2D eigenvalue weighted by Gasteiger charge is 2.51. The molecule has 21 heavy (non-hydrogen) atoms. The number of carboxylic acids is 1. The molecule has 3 N–H and O–H groups in total. The summed E-state index contributed by atoms with van der Waals surface area (Å²) in [6, 6.07) is 4.47. The van der Waals surface area contributed by atoms with Crippen molar-refractivity contribution in [2.75, 3.05) is 5.32 Å². The fourth-order valence-corrected chi connectivity index (χ4v) is 2.10. The van der Waals surface area contributed by atoms with Gasteiger partial charge < -0.3 is 14.9 Å². The van der Waals surface area contributed by atoms with E-state index in [0.29, 0.717) is 18.4 Å². The van der Waals surface area contributed by atoms with Crippen molar-refractivity contribution in [1.29, 1.82) is 0 Å². The molecule has 1 fully saturated rings. The summed E-state index contributed by atoms with van der Waals surface area (Å²) >= 11 is 0. The van der Waals surface area contributed by atoms with Crippen LogP contribution in [0.5, 0.6) is 5.75 Å². The van der Waals surface area contributed by atoms with E-state index >= 15 is 0 Å². The Labute approximate surface area is 122 Å². The molecule has 2 rings (SSSR count). The van der Waals surface area contributed by atoms with E-state index in [1.807, 2.05) is 0 Å². The third-order valence-corrected chi connectivity index (χ3v) is 3.35. The number of benzene rings is 1. The zero-order chi connectivity index (χ0) is 15.8. The molecule has 1 aromatic rings. The van der Waals surface area contributed by atoms with E-state index in [-0.39, 0.29) is 11.4 Å². The first-order chi connectivity index (χ1) is 9.64. The first-order valence-electron chi connectivity index (χ1n) is 6.71. The number of phenolic OH excluding ortho intramolecular Hbond substituents is 1. The van der Waals surface area contributed by atoms with Gasteiger partial charge in [0, 0.05) is 0 Å². The molecule has 0 unspecified atom stereocenters. The van der Waals surface area contributed by atoms with Gasteiger partial charge in [-0.25, -0.2) is 4.79 Å². The van der Waals surface area contributed by atoms with Crippen LogP contribution in [0, 0.1) is 0 Å². The van der Waals surface area contributed by atoms with Gasteiger partial charge >= 0.3 is 12.1 Å². The van der Waals surface area contributed by atoms with Crippen LogP contribution in [-0.2, 0) is 14.9 Å². The predicted molar refractivity (Wildman–Crippen MR) is 76.5 cm³/mol. The van der Waals surface area contributed by atoms with Gasteiger partial charge in [-0.1, -0.05) is 6.07 Å². The summed E-state index contributed by atoms with van der Waals surface area (Å²) in [4.78, 5) is 22.9. The van der Waals surface area contributed by atoms with Crippen LogP contribution in [0.2, 0.25) is 0 Å². The minimum absolute atomic E-state index is 0.175. The number of carbonyl (C=O) groups is 2. The maximum Gasteiger partial charge on any atom is 0.412 e. The lowest BCUT2D eigenvalue weighted by Gasteiger charge is -2.20. The summed E-state index contributed by atoms with van der Waals surface area (Å²) in [5.41, 5.74) is -0.792. The Morgan fingerprint density at radius 1 is 1.29 bits per heavy atom. The van der Waals surface area contributed by atoms with Crippen molar-refractivity contribution in [1.82, 2.24) is 0 Å². The average Bonchev–Trinajstić information content (AvgIpc) is 3.10. The smallest absolute Gasteiger partial charge is 0.412 e. The van der Waals surface area contributed by atoms with Gasteiger partial charge in [0.2, 0.25) is 0 Å². The van der Waals surface area contributed by atoms with Crippen LogP contribution in [0.4, 0.5) is 10.5 Å². The van der Waals surface area contributed by atoms with Crippen molar-refractivity contribution < 1.29 is 24.5 Å². The molecule has 6 nitrogen and oxygen atoms in total. The summed E-state index contributed by atoms with van der Waals surface area (Å²) in [7, 11) is 0. The largest absolute Gasteiger partial charge is 0.506 e. The lowest BCUT2D eigenvalue weighted by Crippen LogP contribution is -2.27. The number of hydrogen-bond acceptors (Lipinski definition) is 4. The zero-order valence-corrected chi connectivity index (χ0v) is 12.3. The maximum atomic E-state index is 11.6. The lowest BCUT2D eigenvalue weighted by atomic mass is 9.95. The minimum atomic E-state index is -0.894. The summed E-state index contributed by atoms with van der Waals surface area (Å²) in [5, 5.41) is 21.6. The summed E-state index contributed by atoms with van der Waals surface area (Å²) < 4.78 is 5.09. The topological polar surface area (TPSA) is 95.9 Å². The van der Waals surface area contributed by atoms with Gasteiger partial charge in [-0.05, 0) is 51.3 Å². The van der Waals surface area contributed by atoms with Crippen LogP contribution in [-0.4, -0.2) is 27.9 Å². The molecule has 0 bridgehead atoms. The molecule has 1 amide bonds. The zero-order valence-electron chi connectivity index (χ0n) is 12.3. The number of nitrogens with one attached hydrogen (secondary N) is 1. The van der Waals surface area contributed by atoms with Gasteiger partial charge in [0.1, 0.15) is 11.4 Å². The van der Waals surface area contributed by atoms with E-state index in [1.54, 1.807) is 26.8 Å². The number of anilines is 1. The molecule has 0 atom stereocenters. The van der Waals surface area contributed by atoms with Gasteiger partial charge in [-0.3, -0.25) is 10.1 Å². The highest BCUT2D eigenvalue weighted by atomic mass is 16.6. The number of carboxylic acid groups (broad SMARTS) is 1. The molecule has 1 saturated carbocycles. The van der Waals surface area contributed by atoms with Crippen molar-refractivity contribution in [3.63, 3.8) is 0 Å². The molecule has 6 heteroatoms. The number of amides is 1. The second-order valence-corrected chi connectivity index (χ2v) is 6.25.